The minimum atomic E-state index is -0.201. The molecule has 0 aliphatic rings. The van der Waals surface area contributed by atoms with Crippen molar-refractivity contribution >= 4 is 11.5 Å². The lowest BCUT2D eigenvalue weighted by Crippen LogP contribution is -2.01. The number of benzene rings is 2. The Morgan fingerprint density at radius 2 is 1.50 bits per heavy atom. The van der Waals surface area contributed by atoms with Crippen LogP contribution in [0.2, 0.25) is 0 Å². The molecule has 2 nitrogen and oxygen atoms in total. The van der Waals surface area contributed by atoms with Crippen LogP contribution in [0.15, 0.2) is 78.9 Å². The van der Waals surface area contributed by atoms with Crippen LogP contribution in [-0.4, -0.2) is 12.6 Å². The van der Waals surface area contributed by atoms with Gasteiger partial charge in [-0.2, -0.15) is 0 Å². The minimum Gasteiger partial charge on any atom is -0.466 e. The average Bonchev–Trinajstić information content (AvgIpc) is 2.57. The van der Waals surface area contributed by atoms with Gasteiger partial charge in [-0.3, -0.25) is 4.79 Å². The van der Waals surface area contributed by atoms with Gasteiger partial charge >= 0.3 is 5.97 Å². The molecule has 2 heteroatoms. The van der Waals surface area contributed by atoms with Crippen molar-refractivity contribution in [2.24, 2.45) is 0 Å². The lowest BCUT2D eigenvalue weighted by molar-refractivity contribution is -0.142. The number of ether oxygens (including phenoxy) is 1. The maximum atomic E-state index is 11.3. The molecule has 0 radical (unpaired) electrons. The van der Waals surface area contributed by atoms with Gasteiger partial charge in [-0.1, -0.05) is 78.9 Å². The topological polar surface area (TPSA) is 26.3 Å². The number of carbonyl (C=O) groups excluding carboxylic acids is 1. The van der Waals surface area contributed by atoms with Crippen molar-refractivity contribution in [1.82, 2.24) is 0 Å². The van der Waals surface area contributed by atoms with Crippen LogP contribution in [0.25, 0.3) is 5.57 Å². The highest BCUT2D eigenvalue weighted by Gasteiger charge is 2.02. The molecule has 2 aromatic rings. The zero-order chi connectivity index (χ0) is 15.6. The molecule has 0 amide bonds. The van der Waals surface area contributed by atoms with Crippen LogP contribution in [-0.2, 0) is 9.53 Å². The SMILES string of the molecule is CCOC(=O)C/C=C/C=C(c1ccccc1)c1ccccc1. The van der Waals surface area contributed by atoms with E-state index in [2.05, 4.69) is 24.3 Å². The molecule has 0 heterocycles. The van der Waals surface area contributed by atoms with Gasteiger partial charge in [-0.05, 0) is 23.6 Å². The maximum Gasteiger partial charge on any atom is 0.309 e. The Hall–Kier alpha value is -2.61. The van der Waals surface area contributed by atoms with E-state index in [-0.39, 0.29) is 5.97 Å². The fourth-order valence-electron chi connectivity index (χ4n) is 2.14. The number of carbonyl (C=O) groups is 1. The highest BCUT2D eigenvalue weighted by molar-refractivity contribution is 5.80. The first kappa shape index (κ1) is 15.8. The quantitative estimate of drug-likeness (QED) is 0.573. The third-order valence-corrected chi connectivity index (χ3v) is 3.16. The summed E-state index contributed by atoms with van der Waals surface area (Å²) in [6.07, 6.45) is 6.06. The Bertz CT molecular complexity index is 598. The molecule has 0 N–H and O–H groups in total. The smallest absolute Gasteiger partial charge is 0.309 e. The molecular formula is C20H20O2. The molecule has 0 saturated heterocycles. The molecule has 0 fully saturated rings. The van der Waals surface area contributed by atoms with Crippen LogP contribution in [0, 0.1) is 0 Å². The van der Waals surface area contributed by atoms with E-state index in [9.17, 15) is 4.79 Å². The molecule has 0 atom stereocenters. The van der Waals surface area contributed by atoms with Gasteiger partial charge in [0.1, 0.15) is 0 Å². The van der Waals surface area contributed by atoms with Crippen LogP contribution in [0.5, 0.6) is 0 Å². The van der Waals surface area contributed by atoms with Gasteiger partial charge in [0.25, 0.3) is 0 Å². The number of allylic oxidation sites excluding steroid dienone is 2. The molecule has 0 aliphatic carbocycles. The Morgan fingerprint density at radius 1 is 0.955 bits per heavy atom. The fourth-order valence-corrected chi connectivity index (χ4v) is 2.14. The highest BCUT2D eigenvalue weighted by Crippen LogP contribution is 2.23. The molecule has 2 rings (SSSR count). The van der Waals surface area contributed by atoms with Crippen LogP contribution in [0.4, 0.5) is 0 Å². The van der Waals surface area contributed by atoms with Gasteiger partial charge in [-0.25, -0.2) is 0 Å². The summed E-state index contributed by atoms with van der Waals surface area (Å²) < 4.78 is 4.91. The van der Waals surface area contributed by atoms with Crippen LogP contribution in [0.1, 0.15) is 24.5 Å². The summed E-state index contributed by atoms with van der Waals surface area (Å²) in [6.45, 7) is 2.23. The second-order valence-corrected chi connectivity index (χ2v) is 4.75. The lowest BCUT2D eigenvalue weighted by Gasteiger charge is -2.07. The predicted octanol–water partition coefficient (Wildman–Crippen LogP) is 4.63. The summed E-state index contributed by atoms with van der Waals surface area (Å²) in [6, 6.07) is 20.4. The molecule has 0 bridgehead atoms. The number of rotatable bonds is 6. The van der Waals surface area contributed by atoms with Crippen LogP contribution in [0.3, 0.4) is 0 Å². The second-order valence-electron chi connectivity index (χ2n) is 4.75. The van der Waals surface area contributed by atoms with Crippen LogP contribution >= 0.6 is 0 Å². The first-order valence-corrected chi connectivity index (χ1v) is 7.44. The molecule has 0 aliphatic heterocycles. The standard InChI is InChI=1S/C20H20O2/c1-2-22-20(21)16-10-9-15-19(17-11-5-3-6-12-17)18-13-7-4-8-14-18/h3-15H,2,16H2,1H3/b10-9+. The third kappa shape index (κ3) is 4.74. The van der Waals surface area contributed by atoms with Crippen molar-refractivity contribution in [2.45, 2.75) is 13.3 Å². The molecule has 2 aromatic carbocycles. The van der Waals surface area contributed by atoms with Crippen molar-refractivity contribution in [3.8, 4) is 0 Å². The van der Waals surface area contributed by atoms with Crippen molar-refractivity contribution in [3.63, 3.8) is 0 Å². The summed E-state index contributed by atoms with van der Waals surface area (Å²) in [7, 11) is 0. The van der Waals surface area contributed by atoms with E-state index < -0.39 is 0 Å². The van der Waals surface area contributed by atoms with E-state index in [0.29, 0.717) is 13.0 Å². The molecule has 112 valence electrons. The average molecular weight is 292 g/mol. The van der Waals surface area contributed by atoms with E-state index in [1.165, 1.54) is 0 Å². The molecule has 0 spiro atoms. The predicted molar refractivity (Wildman–Crippen MR) is 90.4 cm³/mol. The maximum absolute atomic E-state index is 11.3. The Morgan fingerprint density at radius 3 is 2.00 bits per heavy atom. The molecule has 22 heavy (non-hydrogen) atoms. The summed E-state index contributed by atoms with van der Waals surface area (Å²) >= 11 is 0. The van der Waals surface area contributed by atoms with Gasteiger partial charge in [0.15, 0.2) is 0 Å². The molecular weight excluding hydrogens is 272 g/mol. The number of esters is 1. The zero-order valence-corrected chi connectivity index (χ0v) is 12.7. The third-order valence-electron chi connectivity index (χ3n) is 3.16. The largest absolute Gasteiger partial charge is 0.466 e. The summed E-state index contributed by atoms with van der Waals surface area (Å²) in [5, 5.41) is 0. The van der Waals surface area contributed by atoms with E-state index in [1.807, 2.05) is 61.5 Å². The number of hydrogen-bond acceptors (Lipinski definition) is 2. The van der Waals surface area contributed by atoms with Gasteiger partial charge in [0.2, 0.25) is 0 Å². The first-order chi connectivity index (χ1) is 10.8. The lowest BCUT2D eigenvalue weighted by atomic mass is 9.97. The van der Waals surface area contributed by atoms with Crippen molar-refractivity contribution in [2.75, 3.05) is 6.61 Å². The first-order valence-electron chi connectivity index (χ1n) is 7.44. The summed E-state index contributed by atoms with van der Waals surface area (Å²) in [4.78, 5) is 11.3. The van der Waals surface area contributed by atoms with Crippen molar-refractivity contribution in [1.29, 1.82) is 0 Å². The Labute approximate surface area is 131 Å². The van der Waals surface area contributed by atoms with Crippen molar-refractivity contribution < 1.29 is 9.53 Å². The second kappa shape index (κ2) is 8.63. The normalized spacial score (nSPS) is 10.4. The van der Waals surface area contributed by atoms with Gasteiger partial charge < -0.3 is 4.74 Å². The Kier molecular flexibility index (Phi) is 6.18. The monoisotopic (exact) mass is 292 g/mol. The molecule has 0 unspecified atom stereocenters. The Balaban J connectivity index is 2.20. The number of hydrogen-bond donors (Lipinski definition) is 0. The molecule has 0 aromatic heterocycles. The highest BCUT2D eigenvalue weighted by atomic mass is 16.5. The van der Waals surface area contributed by atoms with E-state index in [4.69, 9.17) is 4.74 Å². The van der Waals surface area contributed by atoms with Crippen LogP contribution < -0.4 is 0 Å². The molecule has 0 saturated carbocycles. The van der Waals surface area contributed by atoms with Gasteiger partial charge in [0.05, 0.1) is 13.0 Å². The van der Waals surface area contributed by atoms with E-state index in [0.717, 1.165) is 16.7 Å². The summed E-state index contributed by atoms with van der Waals surface area (Å²) in [5.41, 5.74) is 3.42. The van der Waals surface area contributed by atoms with E-state index in [1.54, 1.807) is 0 Å². The van der Waals surface area contributed by atoms with E-state index >= 15 is 0 Å². The van der Waals surface area contributed by atoms with Crippen molar-refractivity contribution in [3.05, 3.63) is 90.0 Å². The summed E-state index contributed by atoms with van der Waals surface area (Å²) in [5.74, 6) is -0.201. The minimum absolute atomic E-state index is 0.201. The van der Waals surface area contributed by atoms with Gasteiger partial charge in [0, 0.05) is 0 Å². The zero-order valence-electron chi connectivity index (χ0n) is 12.7. The van der Waals surface area contributed by atoms with Gasteiger partial charge in [-0.15, -0.1) is 0 Å². The fraction of sp³-hybridized carbons (Fsp3) is 0.150.